The lowest BCUT2D eigenvalue weighted by Gasteiger charge is -2.14. The molecule has 4 rings (SSSR count). The van der Waals surface area contributed by atoms with E-state index in [1.807, 2.05) is 6.92 Å². The fourth-order valence-electron chi connectivity index (χ4n) is 3.30. The van der Waals surface area contributed by atoms with Gasteiger partial charge in [-0.1, -0.05) is 0 Å². The van der Waals surface area contributed by atoms with Crippen LogP contribution in [0.25, 0.3) is 11.0 Å². The molecule has 2 aliphatic rings. The van der Waals surface area contributed by atoms with E-state index in [2.05, 4.69) is 15.6 Å². The Balaban J connectivity index is 1.83. The average Bonchev–Trinajstić information content (AvgIpc) is 3.08. The molecule has 1 saturated heterocycles. The Morgan fingerprint density at radius 1 is 1.32 bits per heavy atom. The van der Waals surface area contributed by atoms with Gasteiger partial charge in [-0.05, 0) is 44.9 Å². The Hall–Kier alpha value is -1.76. The van der Waals surface area contributed by atoms with Gasteiger partial charge in [-0.3, -0.25) is 9.13 Å². The average molecular weight is 411 g/mol. The zero-order valence-corrected chi connectivity index (χ0v) is 16.9. The van der Waals surface area contributed by atoms with Crippen molar-refractivity contribution < 1.29 is 17.9 Å². The van der Waals surface area contributed by atoms with Crippen LogP contribution in [-0.4, -0.2) is 43.0 Å². The van der Waals surface area contributed by atoms with Crippen LogP contribution in [0.2, 0.25) is 0 Å². The maximum atomic E-state index is 13.0. The standard InChI is InChI=1S/C17H25N5O5S/c1-11-18-19-15(27-11)22-14-10-12(28(24,25)20-17(2)6-7-17)4-5-13(14)21(16(22)23)8-9-26-3/h4-5,10-11,15,18-20H,6-9H2,1-3H3. The number of fused-ring (bicyclic) bond motifs is 1. The second kappa shape index (κ2) is 6.94. The van der Waals surface area contributed by atoms with Crippen LogP contribution in [0.1, 0.15) is 33.0 Å². The number of rotatable bonds is 7. The van der Waals surface area contributed by atoms with Crippen LogP contribution in [0.3, 0.4) is 0 Å². The summed E-state index contributed by atoms with van der Waals surface area (Å²) in [5, 5.41) is 0. The summed E-state index contributed by atoms with van der Waals surface area (Å²) in [5.74, 6) is 0. The summed E-state index contributed by atoms with van der Waals surface area (Å²) in [5.41, 5.74) is 6.21. The number of hydrogen-bond donors (Lipinski definition) is 3. The summed E-state index contributed by atoms with van der Waals surface area (Å²) in [6.07, 6.45) is 0.588. The van der Waals surface area contributed by atoms with Crippen molar-refractivity contribution in [2.45, 2.75) is 56.2 Å². The number of hydrazine groups is 1. The summed E-state index contributed by atoms with van der Waals surface area (Å²) in [7, 11) is -2.13. The molecule has 2 atom stereocenters. The molecule has 2 aromatic rings. The highest BCUT2D eigenvalue weighted by Gasteiger charge is 2.41. The first-order valence-corrected chi connectivity index (χ1v) is 10.7. The summed E-state index contributed by atoms with van der Waals surface area (Å²) in [6.45, 7) is 4.38. The van der Waals surface area contributed by atoms with Crippen LogP contribution in [0, 0.1) is 0 Å². The molecule has 1 aromatic carbocycles. The molecule has 0 spiro atoms. The van der Waals surface area contributed by atoms with E-state index in [0.29, 0.717) is 24.2 Å². The number of aromatic nitrogens is 2. The van der Waals surface area contributed by atoms with Gasteiger partial charge in [0.25, 0.3) is 0 Å². The third-order valence-electron chi connectivity index (χ3n) is 5.12. The highest BCUT2D eigenvalue weighted by molar-refractivity contribution is 7.89. The largest absolute Gasteiger partial charge is 0.383 e. The van der Waals surface area contributed by atoms with Crippen LogP contribution >= 0.6 is 0 Å². The number of nitrogens with zero attached hydrogens (tertiary/aromatic N) is 2. The van der Waals surface area contributed by atoms with Crippen LogP contribution < -0.4 is 21.3 Å². The summed E-state index contributed by atoms with van der Waals surface area (Å²) >= 11 is 0. The molecule has 1 aliphatic carbocycles. The molecule has 3 N–H and O–H groups in total. The van der Waals surface area contributed by atoms with Gasteiger partial charge in [-0.15, -0.1) is 0 Å². The van der Waals surface area contributed by atoms with Gasteiger partial charge in [-0.2, -0.15) is 0 Å². The van der Waals surface area contributed by atoms with Crippen molar-refractivity contribution in [3.8, 4) is 0 Å². The second-order valence-electron chi connectivity index (χ2n) is 7.53. The van der Waals surface area contributed by atoms with Gasteiger partial charge in [0.1, 0.15) is 6.23 Å². The lowest BCUT2D eigenvalue weighted by molar-refractivity contribution is 0.000744. The molecular weight excluding hydrogens is 386 g/mol. The lowest BCUT2D eigenvalue weighted by Crippen LogP contribution is -2.36. The fourth-order valence-corrected chi connectivity index (χ4v) is 4.79. The van der Waals surface area contributed by atoms with Gasteiger partial charge in [0.05, 0.1) is 29.1 Å². The highest BCUT2D eigenvalue weighted by atomic mass is 32.2. The Morgan fingerprint density at radius 2 is 2.07 bits per heavy atom. The maximum Gasteiger partial charge on any atom is 0.332 e. The van der Waals surface area contributed by atoms with Crippen molar-refractivity contribution in [3.05, 3.63) is 28.7 Å². The predicted octanol–water partition coefficient (Wildman–Crippen LogP) is 0.207. The summed E-state index contributed by atoms with van der Waals surface area (Å²) < 4.78 is 42.1. The molecule has 1 aliphatic heterocycles. The minimum absolute atomic E-state index is 0.116. The number of nitrogens with one attached hydrogen (secondary N) is 3. The number of sulfonamides is 1. The number of ether oxygens (including phenoxy) is 2. The van der Waals surface area contributed by atoms with E-state index in [9.17, 15) is 13.2 Å². The zero-order chi connectivity index (χ0) is 20.1. The van der Waals surface area contributed by atoms with E-state index in [-0.39, 0.29) is 22.4 Å². The van der Waals surface area contributed by atoms with Gasteiger partial charge in [0.15, 0.2) is 0 Å². The highest BCUT2D eigenvalue weighted by Crippen LogP contribution is 2.36. The van der Waals surface area contributed by atoms with Crippen molar-refractivity contribution >= 4 is 21.1 Å². The van der Waals surface area contributed by atoms with Crippen LogP contribution in [0.4, 0.5) is 0 Å². The lowest BCUT2D eigenvalue weighted by atomic mass is 10.3. The Labute approximate surface area is 162 Å². The van der Waals surface area contributed by atoms with E-state index in [1.54, 1.807) is 24.7 Å². The number of imidazole rings is 1. The van der Waals surface area contributed by atoms with E-state index < -0.39 is 16.4 Å². The van der Waals surface area contributed by atoms with Crippen LogP contribution in [0.15, 0.2) is 27.9 Å². The normalized spacial score (nSPS) is 24.1. The maximum absolute atomic E-state index is 13.0. The van der Waals surface area contributed by atoms with Crippen molar-refractivity contribution in [1.29, 1.82) is 0 Å². The molecule has 0 amide bonds. The first-order valence-electron chi connectivity index (χ1n) is 9.18. The molecule has 10 nitrogen and oxygen atoms in total. The zero-order valence-electron chi connectivity index (χ0n) is 16.1. The fraction of sp³-hybridized carbons (Fsp3) is 0.588. The van der Waals surface area contributed by atoms with Crippen molar-refractivity contribution in [3.63, 3.8) is 0 Å². The first-order chi connectivity index (χ1) is 13.2. The Bertz CT molecular complexity index is 1060. The predicted molar refractivity (Wildman–Crippen MR) is 102 cm³/mol. The van der Waals surface area contributed by atoms with Gasteiger partial charge < -0.3 is 9.47 Å². The van der Waals surface area contributed by atoms with Crippen molar-refractivity contribution in [1.82, 2.24) is 24.7 Å². The number of hydrogen-bond acceptors (Lipinski definition) is 7. The molecule has 2 heterocycles. The third kappa shape index (κ3) is 3.49. The van der Waals surface area contributed by atoms with Gasteiger partial charge >= 0.3 is 5.69 Å². The summed E-state index contributed by atoms with van der Waals surface area (Å²) in [4.78, 5) is 13.2. The summed E-state index contributed by atoms with van der Waals surface area (Å²) in [6, 6.07) is 4.69. The van der Waals surface area contributed by atoms with Crippen LogP contribution in [-0.2, 0) is 26.0 Å². The molecule has 2 unspecified atom stereocenters. The topological polar surface area (TPSA) is 116 Å². The molecule has 0 radical (unpaired) electrons. The number of methoxy groups -OCH3 is 1. The van der Waals surface area contributed by atoms with Gasteiger partial charge in [0, 0.05) is 12.6 Å². The second-order valence-corrected chi connectivity index (χ2v) is 9.22. The van der Waals surface area contributed by atoms with Gasteiger partial charge in [0.2, 0.25) is 16.4 Å². The smallest absolute Gasteiger partial charge is 0.332 e. The molecule has 154 valence electrons. The molecule has 0 bridgehead atoms. The van der Waals surface area contributed by atoms with E-state index >= 15 is 0 Å². The van der Waals surface area contributed by atoms with Crippen molar-refractivity contribution in [2.24, 2.45) is 0 Å². The van der Waals surface area contributed by atoms with E-state index in [1.165, 1.54) is 16.7 Å². The molecule has 11 heteroatoms. The van der Waals surface area contributed by atoms with E-state index in [4.69, 9.17) is 9.47 Å². The Kier molecular flexibility index (Phi) is 4.84. The molecule has 2 fully saturated rings. The SMILES string of the molecule is COCCn1c(=O)n(C2NNC(C)O2)c2cc(S(=O)(=O)NC3(C)CC3)ccc21. The first kappa shape index (κ1) is 19.6. The van der Waals surface area contributed by atoms with Gasteiger partial charge in [-0.25, -0.2) is 28.8 Å². The van der Waals surface area contributed by atoms with Crippen LogP contribution in [0.5, 0.6) is 0 Å². The third-order valence-corrected chi connectivity index (χ3v) is 6.76. The monoisotopic (exact) mass is 411 g/mol. The molecule has 1 aromatic heterocycles. The molecular formula is C17H25N5O5S. The minimum atomic E-state index is -3.69. The van der Waals surface area contributed by atoms with E-state index in [0.717, 1.165) is 12.8 Å². The molecule has 1 saturated carbocycles. The number of benzene rings is 1. The Morgan fingerprint density at radius 3 is 2.68 bits per heavy atom. The van der Waals surface area contributed by atoms with Crippen molar-refractivity contribution in [2.75, 3.05) is 13.7 Å². The minimum Gasteiger partial charge on any atom is -0.383 e. The molecule has 28 heavy (non-hydrogen) atoms. The quantitative estimate of drug-likeness (QED) is 0.596.